The van der Waals surface area contributed by atoms with E-state index in [9.17, 15) is 9.59 Å². The number of aliphatic carboxylic acids is 1. The Bertz CT molecular complexity index is 241. The monoisotopic (exact) mass is 217 g/mol. The molecule has 0 radical (unpaired) electrons. The van der Waals surface area contributed by atoms with Crippen molar-refractivity contribution in [3.8, 4) is 0 Å². The molecule has 0 amide bonds. The number of nitrogens with two attached hydrogens (primary N) is 3. The van der Waals surface area contributed by atoms with Crippen LogP contribution >= 0.6 is 0 Å². The number of carboxylic acids is 1. The largest absolute Gasteiger partial charge is 0.480 e. The maximum absolute atomic E-state index is 11.5. The van der Waals surface area contributed by atoms with Gasteiger partial charge in [-0.05, 0) is 12.8 Å². The van der Waals surface area contributed by atoms with Crippen molar-refractivity contribution in [2.24, 2.45) is 17.2 Å². The highest BCUT2D eigenvalue weighted by molar-refractivity contribution is 5.88. The number of carbonyl (C=O) groups is 2. The molecule has 1 atom stereocenters. The Morgan fingerprint density at radius 2 is 1.93 bits per heavy atom. The molecule has 0 aliphatic rings. The third-order valence-electron chi connectivity index (χ3n) is 2.18. The summed E-state index contributed by atoms with van der Waals surface area (Å²) in [6.45, 7) is 1.87. The maximum Gasteiger partial charge on any atom is 0.320 e. The van der Waals surface area contributed by atoms with Gasteiger partial charge in [-0.3, -0.25) is 9.59 Å². The molecule has 0 bridgehead atoms. The minimum Gasteiger partial charge on any atom is -0.480 e. The second kappa shape index (κ2) is 5.79. The molecule has 0 spiro atoms. The van der Waals surface area contributed by atoms with Crippen molar-refractivity contribution in [2.45, 2.75) is 44.3 Å². The van der Waals surface area contributed by atoms with E-state index in [4.69, 9.17) is 22.3 Å². The van der Waals surface area contributed by atoms with E-state index in [1.165, 1.54) is 0 Å². The van der Waals surface area contributed by atoms with Gasteiger partial charge in [0.2, 0.25) is 0 Å². The van der Waals surface area contributed by atoms with E-state index in [1.807, 2.05) is 6.92 Å². The molecular weight excluding hydrogens is 198 g/mol. The van der Waals surface area contributed by atoms with Crippen molar-refractivity contribution in [1.82, 2.24) is 0 Å². The summed E-state index contributed by atoms with van der Waals surface area (Å²) in [6.07, 6.45) is 1.15. The van der Waals surface area contributed by atoms with Gasteiger partial charge in [-0.1, -0.05) is 13.3 Å². The first-order valence-corrected chi connectivity index (χ1v) is 4.90. The molecule has 0 saturated heterocycles. The summed E-state index contributed by atoms with van der Waals surface area (Å²) in [4.78, 5) is 21.9. The molecule has 0 fully saturated rings. The Labute approximate surface area is 88.8 Å². The number of ketones is 1. The average molecular weight is 217 g/mol. The van der Waals surface area contributed by atoms with Gasteiger partial charge in [0.1, 0.15) is 11.7 Å². The van der Waals surface area contributed by atoms with Crippen LogP contribution in [-0.2, 0) is 9.59 Å². The summed E-state index contributed by atoms with van der Waals surface area (Å²) in [5, 5.41) is 8.50. The fraction of sp³-hybridized carbons (Fsp3) is 0.778. The maximum atomic E-state index is 11.5. The topological polar surface area (TPSA) is 132 Å². The third-order valence-corrected chi connectivity index (χ3v) is 2.18. The fourth-order valence-electron chi connectivity index (χ4n) is 1.20. The number of Topliss-reactive ketones (excluding diaryl/α,β-unsaturated/α-hetero) is 1. The van der Waals surface area contributed by atoms with Crippen LogP contribution in [0.5, 0.6) is 0 Å². The molecule has 7 N–H and O–H groups in total. The van der Waals surface area contributed by atoms with Gasteiger partial charge in [-0.25, -0.2) is 0 Å². The van der Waals surface area contributed by atoms with Crippen molar-refractivity contribution in [1.29, 1.82) is 0 Å². The van der Waals surface area contributed by atoms with E-state index < -0.39 is 17.7 Å². The van der Waals surface area contributed by atoms with Crippen LogP contribution in [0.3, 0.4) is 0 Å². The zero-order valence-corrected chi connectivity index (χ0v) is 8.90. The van der Waals surface area contributed by atoms with Crippen LogP contribution in [0.1, 0.15) is 32.6 Å². The van der Waals surface area contributed by atoms with E-state index in [-0.39, 0.29) is 18.6 Å². The summed E-state index contributed by atoms with van der Waals surface area (Å²) in [5.41, 5.74) is 15.0. The molecule has 0 aromatic rings. The number of rotatable bonds is 7. The first kappa shape index (κ1) is 14.0. The molecule has 0 unspecified atom stereocenters. The Morgan fingerprint density at radius 1 is 1.40 bits per heavy atom. The standard InChI is InChI=1S/C9H19N3O3/c1-2-5-9(11,12)7(13)4-3-6(10)8(14)15/h6H,2-5,10-12H2,1H3,(H,14,15)/t6-/m0/s1. The number of carbonyl (C=O) groups excluding carboxylic acids is 1. The molecular formula is C9H19N3O3. The van der Waals surface area contributed by atoms with Crippen LogP contribution in [0.15, 0.2) is 0 Å². The Morgan fingerprint density at radius 3 is 2.33 bits per heavy atom. The fourth-order valence-corrected chi connectivity index (χ4v) is 1.20. The van der Waals surface area contributed by atoms with Crippen molar-refractivity contribution in [3.63, 3.8) is 0 Å². The van der Waals surface area contributed by atoms with Gasteiger partial charge in [0.25, 0.3) is 0 Å². The number of carboxylic acid groups (broad SMARTS) is 1. The smallest absolute Gasteiger partial charge is 0.320 e. The highest BCUT2D eigenvalue weighted by atomic mass is 16.4. The lowest BCUT2D eigenvalue weighted by molar-refractivity contribution is -0.138. The minimum atomic E-state index is -1.35. The second-order valence-corrected chi connectivity index (χ2v) is 3.70. The number of hydrogen-bond acceptors (Lipinski definition) is 5. The Balaban J connectivity index is 4.08. The van der Waals surface area contributed by atoms with Gasteiger partial charge in [-0.15, -0.1) is 0 Å². The van der Waals surface area contributed by atoms with Gasteiger partial charge >= 0.3 is 5.97 Å². The van der Waals surface area contributed by atoms with Crippen molar-refractivity contribution < 1.29 is 14.7 Å². The summed E-state index contributed by atoms with van der Waals surface area (Å²) in [6, 6.07) is -1.04. The first-order chi connectivity index (χ1) is 6.81. The lowest BCUT2D eigenvalue weighted by Crippen LogP contribution is -2.56. The van der Waals surface area contributed by atoms with E-state index in [1.54, 1.807) is 0 Å². The van der Waals surface area contributed by atoms with E-state index in [2.05, 4.69) is 0 Å². The molecule has 0 saturated carbocycles. The average Bonchev–Trinajstić information content (AvgIpc) is 2.13. The van der Waals surface area contributed by atoms with Gasteiger partial charge in [0.05, 0.1) is 0 Å². The van der Waals surface area contributed by atoms with Crippen molar-refractivity contribution in [2.75, 3.05) is 0 Å². The molecule has 6 nitrogen and oxygen atoms in total. The molecule has 0 aromatic heterocycles. The lowest BCUT2D eigenvalue weighted by atomic mass is 9.96. The van der Waals surface area contributed by atoms with Crippen LogP contribution in [0.25, 0.3) is 0 Å². The Hall–Kier alpha value is -0.980. The normalized spacial score (nSPS) is 13.6. The van der Waals surface area contributed by atoms with Crippen LogP contribution < -0.4 is 17.2 Å². The van der Waals surface area contributed by atoms with Crippen LogP contribution in [0.2, 0.25) is 0 Å². The summed E-state index contributed by atoms with van der Waals surface area (Å²) >= 11 is 0. The Kier molecular flexibility index (Phi) is 5.41. The molecule has 15 heavy (non-hydrogen) atoms. The summed E-state index contributed by atoms with van der Waals surface area (Å²) in [7, 11) is 0. The molecule has 0 aliphatic carbocycles. The molecule has 0 rings (SSSR count). The summed E-state index contributed by atoms with van der Waals surface area (Å²) < 4.78 is 0. The van der Waals surface area contributed by atoms with Crippen molar-refractivity contribution in [3.05, 3.63) is 0 Å². The predicted molar refractivity (Wildman–Crippen MR) is 55.9 cm³/mol. The van der Waals surface area contributed by atoms with Crippen molar-refractivity contribution >= 4 is 11.8 Å². The molecule has 6 heteroatoms. The quantitative estimate of drug-likeness (QED) is 0.411. The molecule has 0 aromatic carbocycles. The molecule has 88 valence electrons. The minimum absolute atomic E-state index is 0.000463. The van der Waals surface area contributed by atoms with Crippen LogP contribution in [-0.4, -0.2) is 28.6 Å². The highest BCUT2D eigenvalue weighted by Crippen LogP contribution is 2.08. The highest BCUT2D eigenvalue weighted by Gasteiger charge is 2.28. The van der Waals surface area contributed by atoms with Gasteiger partial charge < -0.3 is 22.3 Å². The van der Waals surface area contributed by atoms with E-state index >= 15 is 0 Å². The third kappa shape index (κ3) is 4.87. The van der Waals surface area contributed by atoms with E-state index in [0.29, 0.717) is 12.8 Å². The SMILES string of the molecule is CCCC(N)(N)C(=O)CC[C@H](N)C(=O)O. The van der Waals surface area contributed by atoms with Gasteiger partial charge in [0.15, 0.2) is 5.78 Å². The van der Waals surface area contributed by atoms with E-state index in [0.717, 1.165) is 0 Å². The number of hydrogen-bond donors (Lipinski definition) is 4. The molecule has 0 heterocycles. The van der Waals surface area contributed by atoms with Gasteiger partial charge in [0, 0.05) is 6.42 Å². The molecule has 0 aliphatic heterocycles. The van der Waals surface area contributed by atoms with Crippen LogP contribution in [0.4, 0.5) is 0 Å². The second-order valence-electron chi connectivity index (χ2n) is 3.70. The summed E-state index contributed by atoms with van der Waals surface area (Å²) in [5.74, 6) is -1.47. The zero-order chi connectivity index (χ0) is 12.1. The first-order valence-electron chi connectivity index (χ1n) is 4.90. The van der Waals surface area contributed by atoms with Crippen LogP contribution in [0, 0.1) is 0 Å². The zero-order valence-electron chi connectivity index (χ0n) is 8.90. The van der Waals surface area contributed by atoms with Gasteiger partial charge in [-0.2, -0.15) is 0 Å². The lowest BCUT2D eigenvalue weighted by Gasteiger charge is -2.22. The predicted octanol–water partition coefficient (Wildman–Crippen LogP) is -0.839.